The van der Waals surface area contributed by atoms with Gasteiger partial charge in [-0.1, -0.05) is 6.07 Å². The van der Waals surface area contributed by atoms with Crippen molar-refractivity contribution in [2.75, 3.05) is 25.6 Å². The van der Waals surface area contributed by atoms with Gasteiger partial charge in [0.25, 0.3) is 0 Å². The summed E-state index contributed by atoms with van der Waals surface area (Å²) in [4.78, 5) is 11.9. The van der Waals surface area contributed by atoms with Gasteiger partial charge in [-0.3, -0.25) is 4.79 Å². The summed E-state index contributed by atoms with van der Waals surface area (Å²) in [5, 5.41) is 2.18. The van der Waals surface area contributed by atoms with Gasteiger partial charge < -0.3 is 19.5 Å². The second kappa shape index (κ2) is 7.21. The molecule has 0 atom stereocenters. The van der Waals surface area contributed by atoms with E-state index in [0.717, 1.165) is 18.2 Å². The quantitative estimate of drug-likeness (QED) is 0.862. The van der Waals surface area contributed by atoms with Crippen molar-refractivity contribution in [3.05, 3.63) is 53.6 Å². The number of carbonyl (C=O) groups excluding carboxylic acids is 1. The lowest BCUT2D eigenvalue weighted by Crippen LogP contribution is -2.16. The number of hydrogen-bond donors (Lipinski definition) is 1. The first kappa shape index (κ1) is 16.8. The van der Waals surface area contributed by atoms with E-state index in [-0.39, 0.29) is 0 Å². The summed E-state index contributed by atoms with van der Waals surface area (Å²) in [6.07, 6.45) is 2.64. The van der Waals surface area contributed by atoms with Crippen molar-refractivity contribution in [3.63, 3.8) is 0 Å². The third-order valence-electron chi connectivity index (χ3n) is 3.49. The smallest absolute Gasteiger partial charge is 0.248 e. The van der Waals surface area contributed by atoms with Crippen molar-refractivity contribution >= 4 is 17.7 Å². The van der Waals surface area contributed by atoms with E-state index in [0.29, 0.717) is 36.0 Å². The number of benzene rings is 2. The lowest BCUT2D eigenvalue weighted by Gasteiger charge is -2.20. The van der Waals surface area contributed by atoms with Crippen molar-refractivity contribution in [2.45, 2.75) is 0 Å². The number of ether oxygens (including phenoxy) is 3. The highest BCUT2D eigenvalue weighted by Gasteiger charge is 2.18. The minimum absolute atomic E-state index is 0.413. The highest BCUT2D eigenvalue weighted by molar-refractivity contribution is 6.02. The Hall–Kier alpha value is -3.09. The monoisotopic (exact) mass is 347 g/mol. The standard InChI is InChI=1S/C18H15F2NO4/c1-23-14-9-11(10-15-18(14)25-8-7-24-15)5-6-16(22)21-17-12(19)3-2-4-13(17)20/h2-6,9-10H,7-8H2,1H3,(H,21,22)/b6-5+. The number of para-hydroxylation sites is 1. The van der Waals surface area contributed by atoms with Gasteiger partial charge in [-0.2, -0.15) is 0 Å². The van der Waals surface area contributed by atoms with Crippen LogP contribution in [0.15, 0.2) is 36.4 Å². The predicted octanol–water partition coefficient (Wildman–Crippen LogP) is 3.40. The van der Waals surface area contributed by atoms with Gasteiger partial charge in [0, 0.05) is 6.08 Å². The number of carbonyl (C=O) groups is 1. The van der Waals surface area contributed by atoms with Gasteiger partial charge in [-0.05, 0) is 35.9 Å². The maximum atomic E-state index is 13.5. The summed E-state index contributed by atoms with van der Waals surface area (Å²) < 4.78 is 43.3. The van der Waals surface area contributed by atoms with Crippen molar-refractivity contribution in [1.29, 1.82) is 0 Å². The Morgan fingerprint density at radius 1 is 1.20 bits per heavy atom. The van der Waals surface area contributed by atoms with E-state index in [2.05, 4.69) is 5.32 Å². The molecular weight excluding hydrogens is 332 g/mol. The van der Waals surface area contributed by atoms with Gasteiger partial charge >= 0.3 is 0 Å². The lowest BCUT2D eigenvalue weighted by atomic mass is 10.1. The molecule has 1 aliphatic rings. The Labute approximate surface area is 142 Å². The van der Waals surface area contributed by atoms with Crippen LogP contribution in [-0.4, -0.2) is 26.2 Å². The first-order chi connectivity index (χ1) is 12.1. The zero-order chi connectivity index (χ0) is 17.8. The van der Waals surface area contributed by atoms with Crippen LogP contribution in [0.5, 0.6) is 17.2 Å². The Bertz CT molecular complexity index is 799. The number of rotatable bonds is 4. The van der Waals surface area contributed by atoms with Crippen LogP contribution in [0.25, 0.3) is 6.08 Å². The lowest BCUT2D eigenvalue weighted by molar-refractivity contribution is -0.111. The molecule has 1 heterocycles. The summed E-state index contributed by atoms with van der Waals surface area (Å²) in [7, 11) is 1.49. The van der Waals surface area contributed by atoms with Crippen LogP contribution in [0.4, 0.5) is 14.5 Å². The molecule has 0 bridgehead atoms. The van der Waals surface area contributed by atoms with Gasteiger partial charge in [0.1, 0.15) is 30.5 Å². The Morgan fingerprint density at radius 3 is 2.64 bits per heavy atom. The molecule has 2 aromatic carbocycles. The first-order valence-corrected chi connectivity index (χ1v) is 7.49. The summed E-state index contributed by atoms with van der Waals surface area (Å²) in [6.45, 7) is 0.839. The minimum atomic E-state index is -0.845. The van der Waals surface area contributed by atoms with Crippen LogP contribution in [0.2, 0.25) is 0 Å². The van der Waals surface area contributed by atoms with Crippen LogP contribution >= 0.6 is 0 Å². The third-order valence-corrected chi connectivity index (χ3v) is 3.49. The molecule has 0 unspecified atom stereocenters. The fourth-order valence-corrected chi connectivity index (χ4v) is 2.34. The van der Waals surface area contributed by atoms with Crippen molar-refractivity contribution in [2.24, 2.45) is 0 Å². The zero-order valence-corrected chi connectivity index (χ0v) is 13.3. The Balaban J connectivity index is 1.78. The zero-order valence-electron chi connectivity index (χ0n) is 13.3. The summed E-state index contributed by atoms with van der Waals surface area (Å²) >= 11 is 0. The van der Waals surface area contributed by atoms with E-state index in [1.165, 1.54) is 19.3 Å². The molecule has 2 aromatic rings. The molecule has 5 nitrogen and oxygen atoms in total. The van der Waals surface area contributed by atoms with Gasteiger partial charge in [0.15, 0.2) is 11.5 Å². The van der Waals surface area contributed by atoms with Crippen LogP contribution in [0, 0.1) is 11.6 Å². The van der Waals surface area contributed by atoms with Crippen molar-refractivity contribution in [3.8, 4) is 17.2 Å². The average Bonchev–Trinajstić information content (AvgIpc) is 2.62. The number of anilines is 1. The van der Waals surface area contributed by atoms with Gasteiger partial charge in [-0.15, -0.1) is 0 Å². The number of hydrogen-bond acceptors (Lipinski definition) is 4. The number of amides is 1. The fraction of sp³-hybridized carbons (Fsp3) is 0.167. The molecule has 0 fully saturated rings. The maximum absolute atomic E-state index is 13.5. The molecule has 130 valence electrons. The average molecular weight is 347 g/mol. The van der Waals surface area contributed by atoms with E-state index in [1.807, 2.05) is 0 Å². The highest BCUT2D eigenvalue weighted by atomic mass is 19.1. The molecule has 0 aliphatic carbocycles. The largest absolute Gasteiger partial charge is 0.493 e. The second-order valence-electron chi connectivity index (χ2n) is 5.17. The number of fused-ring (bicyclic) bond motifs is 1. The van der Waals surface area contributed by atoms with Gasteiger partial charge in [-0.25, -0.2) is 8.78 Å². The molecule has 3 rings (SSSR count). The van der Waals surface area contributed by atoms with Crippen LogP contribution < -0.4 is 19.5 Å². The first-order valence-electron chi connectivity index (χ1n) is 7.49. The molecule has 1 aliphatic heterocycles. The number of methoxy groups -OCH3 is 1. The summed E-state index contributed by atoms with van der Waals surface area (Å²) in [6, 6.07) is 6.70. The molecule has 7 heteroatoms. The topological polar surface area (TPSA) is 56.8 Å². The van der Waals surface area contributed by atoms with Crippen LogP contribution in [0.1, 0.15) is 5.56 Å². The third kappa shape index (κ3) is 3.71. The Morgan fingerprint density at radius 2 is 1.92 bits per heavy atom. The molecule has 0 radical (unpaired) electrons. The second-order valence-corrected chi connectivity index (χ2v) is 5.17. The SMILES string of the molecule is COc1cc(/C=C/C(=O)Nc2c(F)cccc2F)cc2c1OCCO2. The highest BCUT2D eigenvalue weighted by Crippen LogP contribution is 2.40. The van der Waals surface area contributed by atoms with Gasteiger partial charge in [0.2, 0.25) is 11.7 Å². The fourth-order valence-electron chi connectivity index (χ4n) is 2.34. The molecular formula is C18H15F2NO4. The molecule has 0 aromatic heterocycles. The molecule has 1 N–H and O–H groups in total. The van der Waals surface area contributed by atoms with Crippen LogP contribution in [0.3, 0.4) is 0 Å². The molecule has 0 saturated carbocycles. The number of halogens is 2. The normalized spacial score (nSPS) is 12.9. The number of nitrogens with one attached hydrogen (secondary N) is 1. The minimum Gasteiger partial charge on any atom is -0.493 e. The van der Waals surface area contributed by atoms with E-state index < -0.39 is 23.2 Å². The van der Waals surface area contributed by atoms with E-state index in [1.54, 1.807) is 12.1 Å². The predicted molar refractivity (Wildman–Crippen MR) is 88.0 cm³/mol. The molecule has 25 heavy (non-hydrogen) atoms. The van der Waals surface area contributed by atoms with Crippen molar-refractivity contribution < 1.29 is 27.8 Å². The molecule has 0 spiro atoms. The van der Waals surface area contributed by atoms with E-state index in [4.69, 9.17) is 14.2 Å². The van der Waals surface area contributed by atoms with E-state index in [9.17, 15) is 13.6 Å². The van der Waals surface area contributed by atoms with Gasteiger partial charge in [0.05, 0.1) is 7.11 Å². The van der Waals surface area contributed by atoms with Crippen LogP contribution in [-0.2, 0) is 4.79 Å². The Kier molecular flexibility index (Phi) is 4.83. The summed E-state index contributed by atoms with van der Waals surface area (Å²) in [5.41, 5.74) is 0.127. The maximum Gasteiger partial charge on any atom is 0.248 e. The molecule has 1 amide bonds. The van der Waals surface area contributed by atoms with Crippen molar-refractivity contribution in [1.82, 2.24) is 0 Å². The summed E-state index contributed by atoms with van der Waals surface area (Å²) in [5.74, 6) is -0.879. The van der Waals surface area contributed by atoms with E-state index >= 15 is 0 Å². The molecule has 0 saturated heterocycles.